The average Bonchev–Trinajstić information content (AvgIpc) is 3.32. The van der Waals surface area contributed by atoms with E-state index >= 15 is 0 Å². The molecule has 2 fully saturated rings. The number of likely N-dealkylation sites (tertiary alicyclic amines) is 1. The zero-order valence-electron chi connectivity index (χ0n) is 17.4. The molecule has 32 heavy (non-hydrogen) atoms. The van der Waals surface area contributed by atoms with Crippen molar-refractivity contribution in [3.05, 3.63) is 90.0 Å². The normalized spacial score (nSPS) is 22.3. The van der Waals surface area contributed by atoms with E-state index in [0.29, 0.717) is 11.3 Å². The van der Waals surface area contributed by atoms with E-state index in [-0.39, 0.29) is 24.1 Å². The number of rotatable bonds is 5. The summed E-state index contributed by atoms with van der Waals surface area (Å²) in [5.41, 5.74) is 2.24. The van der Waals surface area contributed by atoms with Crippen molar-refractivity contribution < 1.29 is 24.3 Å². The predicted molar refractivity (Wildman–Crippen MR) is 117 cm³/mol. The lowest BCUT2D eigenvalue weighted by molar-refractivity contribution is -0.143. The minimum atomic E-state index is -0.930. The lowest BCUT2D eigenvalue weighted by Crippen LogP contribution is -2.36. The summed E-state index contributed by atoms with van der Waals surface area (Å²) in [5.74, 6) is -1.10. The number of anilines is 1. The SMILES string of the molecule is COc1ccc([C@H]2[C@H]3C(=O)N(Cc4ccccc4)C(=O)[C@@H]3ON2c2ccccc2)cc1O. The molecule has 0 bridgehead atoms. The summed E-state index contributed by atoms with van der Waals surface area (Å²) < 4.78 is 5.16. The van der Waals surface area contributed by atoms with Crippen LogP contribution >= 0.6 is 0 Å². The van der Waals surface area contributed by atoms with Crippen LogP contribution in [0, 0.1) is 5.92 Å². The molecule has 3 aromatic rings. The van der Waals surface area contributed by atoms with Gasteiger partial charge in [-0.25, -0.2) is 5.06 Å². The van der Waals surface area contributed by atoms with Crippen LogP contribution in [0.5, 0.6) is 11.5 Å². The predicted octanol–water partition coefficient (Wildman–Crippen LogP) is 3.45. The van der Waals surface area contributed by atoms with Crippen LogP contribution in [0.3, 0.4) is 0 Å². The van der Waals surface area contributed by atoms with Crippen molar-refractivity contribution in [2.45, 2.75) is 18.7 Å². The second-order valence-electron chi connectivity index (χ2n) is 7.84. The van der Waals surface area contributed by atoms with Crippen molar-refractivity contribution >= 4 is 17.5 Å². The lowest BCUT2D eigenvalue weighted by atomic mass is 9.90. The quantitative estimate of drug-likeness (QED) is 0.625. The number of nitrogens with zero attached hydrogens (tertiary/aromatic N) is 2. The Bertz CT molecular complexity index is 1150. The Morgan fingerprint density at radius 3 is 2.28 bits per heavy atom. The van der Waals surface area contributed by atoms with Gasteiger partial charge in [-0.1, -0.05) is 54.6 Å². The van der Waals surface area contributed by atoms with Gasteiger partial charge in [-0.2, -0.15) is 0 Å². The average molecular weight is 430 g/mol. The highest BCUT2D eigenvalue weighted by atomic mass is 16.7. The first-order valence-electron chi connectivity index (χ1n) is 10.4. The third-order valence-corrected chi connectivity index (χ3v) is 5.95. The second-order valence-corrected chi connectivity index (χ2v) is 7.84. The number of hydroxylamine groups is 1. The summed E-state index contributed by atoms with van der Waals surface area (Å²) in [7, 11) is 1.47. The number of phenols is 1. The van der Waals surface area contributed by atoms with Crippen LogP contribution in [0.1, 0.15) is 17.2 Å². The van der Waals surface area contributed by atoms with Gasteiger partial charge in [0.1, 0.15) is 5.92 Å². The molecule has 2 heterocycles. The van der Waals surface area contributed by atoms with Crippen molar-refractivity contribution in [2.75, 3.05) is 12.2 Å². The van der Waals surface area contributed by atoms with Gasteiger partial charge in [-0.3, -0.25) is 19.3 Å². The molecule has 1 N–H and O–H groups in total. The standard InChI is InChI=1S/C25H22N2O5/c1-31-20-13-12-17(14-19(20)28)22-21-23(32-27(22)18-10-6-3-7-11-18)25(30)26(24(21)29)15-16-8-4-2-5-9-16/h2-14,21-23,28H,15H2,1H3/t21-,22+,23-/m1/s1. The molecular formula is C25H22N2O5. The lowest BCUT2D eigenvalue weighted by Gasteiger charge is -2.29. The summed E-state index contributed by atoms with van der Waals surface area (Å²) in [6, 6.07) is 23.1. The van der Waals surface area contributed by atoms with Crippen molar-refractivity contribution in [2.24, 2.45) is 5.92 Å². The highest BCUT2D eigenvalue weighted by molar-refractivity contribution is 6.07. The maximum atomic E-state index is 13.5. The highest BCUT2D eigenvalue weighted by Crippen LogP contribution is 2.48. The Labute approximate surface area is 185 Å². The molecule has 3 atom stereocenters. The second kappa shape index (κ2) is 8.01. The van der Waals surface area contributed by atoms with Gasteiger partial charge in [0.15, 0.2) is 17.6 Å². The van der Waals surface area contributed by atoms with Crippen molar-refractivity contribution in [3.63, 3.8) is 0 Å². The monoisotopic (exact) mass is 430 g/mol. The molecule has 7 nitrogen and oxygen atoms in total. The molecule has 0 saturated carbocycles. The van der Waals surface area contributed by atoms with Crippen LogP contribution in [0.25, 0.3) is 0 Å². The molecule has 2 aliphatic rings. The minimum absolute atomic E-state index is 0.0422. The maximum Gasteiger partial charge on any atom is 0.262 e. The third kappa shape index (κ3) is 3.27. The molecule has 0 aromatic heterocycles. The van der Waals surface area contributed by atoms with Gasteiger partial charge < -0.3 is 9.84 Å². The summed E-state index contributed by atoms with van der Waals surface area (Å²) in [5, 5.41) is 12.0. The fourth-order valence-electron chi connectivity index (χ4n) is 4.42. The van der Waals surface area contributed by atoms with E-state index in [1.165, 1.54) is 12.0 Å². The number of benzene rings is 3. The van der Waals surface area contributed by atoms with Crippen LogP contribution in [0.15, 0.2) is 78.9 Å². The highest BCUT2D eigenvalue weighted by Gasteiger charge is 2.59. The third-order valence-electron chi connectivity index (χ3n) is 5.95. The molecule has 2 amide bonds. The van der Waals surface area contributed by atoms with E-state index in [9.17, 15) is 14.7 Å². The minimum Gasteiger partial charge on any atom is -0.504 e. The number of carbonyl (C=O) groups is 2. The first-order chi connectivity index (χ1) is 15.6. The van der Waals surface area contributed by atoms with E-state index in [0.717, 1.165) is 11.3 Å². The Morgan fingerprint density at radius 1 is 0.938 bits per heavy atom. The zero-order valence-corrected chi connectivity index (χ0v) is 17.4. The summed E-state index contributed by atoms with van der Waals surface area (Å²) >= 11 is 0. The van der Waals surface area contributed by atoms with E-state index in [2.05, 4.69) is 0 Å². The molecule has 2 saturated heterocycles. The molecule has 0 unspecified atom stereocenters. The number of phenolic OH excluding ortho intramolecular Hbond substituents is 1. The van der Waals surface area contributed by atoms with Gasteiger partial charge in [-0.15, -0.1) is 0 Å². The molecule has 5 rings (SSSR count). The number of amides is 2. The smallest absolute Gasteiger partial charge is 0.262 e. The molecule has 0 radical (unpaired) electrons. The van der Waals surface area contributed by atoms with E-state index in [1.807, 2.05) is 60.7 Å². The van der Waals surface area contributed by atoms with E-state index < -0.39 is 18.1 Å². The maximum absolute atomic E-state index is 13.5. The van der Waals surface area contributed by atoms with Crippen LogP contribution in [-0.2, 0) is 21.0 Å². The number of fused-ring (bicyclic) bond motifs is 1. The molecule has 0 aliphatic carbocycles. The van der Waals surface area contributed by atoms with Gasteiger partial charge in [0.05, 0.1) is 25.4 Å². The topological polar surface area (TPSA) is 79.3 Å². The van der Waals surface area contributed by atoms with Crippen LogP contribution < -0.4 is 9.80 Å². The number of aromatic hydroxyl groups is 1. The summed E-state index contributed by atoms with van der Waals surface area (Å²) in [6.07, 6.45) is -0.930. The number of imide groups is 1. The Hall–Kier alpha value is -3.84. The molecule has 0 spiro atoms. The molecule has 162 valence electrons. The molecule has 7 heteroatoms. The van der Waals surface area contributed by atoms with Crippen molar-refractivity contribution in [1.82, 2.24) is 4.90 Å². The number of hydrogen-bond acceptors (Lipinski definition) is 6. The fraction of sp³-hybridized carbons (Fsp3) is 0.200. The number of para-hydroxylation sites is 1. The first-order valence-corrected chi connectivity index (χ1v) is 10.4. The van der Waals surface area contributed by atoms with Crippen LogP contribution in [0.4, 0.5) is 5.69 Å². The van der Waals surface area contributed by atoms with Gasteiger partial charge in [0, 0.05) is 0 Å². The van der Waals surface area contributed by atoms with Crippen LogP contribution in [-0.4, -0.2) is 35.0 Å². The van der Waals surface area contributed by atoms with Crippen molar-refractivity contribution in [1.29, 1.82) is 0 Å². The first kappa shape index (κ1) is 20.1. The van der Waals surface area contributed by atoms with Gasteiger partial charge in [-0.05, 0) is 35.4 Å². The molecule has 2 aliphatic heterocycles. The zero-order chi connectivity index (χ0) is 22.2. The summed E-state index contributed by atoms with van der Waals surface area (Å²) in [6.45, 7) is 0.195. The number of hydrogen-bond donors (Lipinski definition) is 1. The number of carbonyl (C=O) groups excluding carboxylic acids is 2. The van der Waals surface area contributed by atoms with Gasteiger partial charge in [0.25, 0.3) is 5.91 Å². The Kier molecular flexibility index (Phi) is 5.03. The van der Waals surface area contributed by atoms with E-state index in [4.69, 9.17) is 9.57 Å². The largest absolute Gasteiger partial charge is 0.504 e. The fourth-order valence-corrected chi connectivity index (χ4v) is 4.42. The Morgan fingerprint density at radius 2 is 1.62 bits per heavy atom. The van der Waals surface area contributed by atoms with Gasteiger partial charge >= 0.3 is 0 Å². The van der Waals surface area contributed by atoms with Gasteiger partial charge in [0.2, 0.25) is 5.91 Å². The number of methoxy groups -OCH3 is 1. The molecular weight excluding hydrogens is 408 g/mol. The van der Waals surface area contributed by atoms with Crippen LogP contribution in [0.2, 0.25) is 0 Å². The van der Waals surface area contributed by atoms with E-state index in [1.54, 1.807) is 23.3 Å². The van der Waals surface area contributed by atoms with Crippen molar-refractivity contribution in [3.8, 4) is 11.5 Å². The Balaban J connectivity index is 1.54. The summed E-state index contributed by atoms with van der Waals surface area (Å²) in [4.78, 5) is 34.0. The number of ether oxygens (including phenoxy) is 1. The molecule has 3 aromatic carbocycles.